The number of esters is 6. The van der Waals surface area contributed by atoms with E-state index in [2.05, 4.69) is 14.2 Å². The number of aliphatic hydroxyl groups is 1. The zero-order valence-electron chi connectivity index (χ0n) is 24.1. The van der Waals surface area contributed by atoms with E-state index in [0.717, 1.165) is 36.4 Å². The Labute approximate surface area is 268 Å². The Kier molecular flexibility index (Phi) is 11.1. The second-order valence-corrected chi connectivity index (χ2v) is 9.67. The average Bonchev–Trinajstić information content (AvgIpc) is 3.00. The minimum absolute atomic E-state index is 0.170. The van der Waals surface area contributed by atoms with Crippen molar-refractivity contribution in [3.8, 4) is 40.2 Å². The van der Waals surface area contributed by atoms with Crippen LogP contribution in [0.1, 0.15) is 34.3 Å². The largest absolute Gasteiger partial charge is 0.504 e. The van der Waals surface area contributed by atoms with E-state index in [0.29, 0.717) is 24.3 Å². The molecule has 17 nitrogen and oxygen atoms in total. The fourth-order valence-electron chi connectivity index (χ4n) is 3.63. The van der Waals surface area contributed by atoms with E-state index < -0.39 is 100 Å². The minimum atomic E-state index is -3.34. The Hall–Kier alpha value is -6.88. The van der Waals surface area contributed by atoms with Crippen LogP contribution in [0.4, 0.5) is 0 Å². The van der Waals surface area contributed by atoms with Crippen molar-refractivity contribution >= 4 is 48.0 Å². The predicted octanol–water partition coefficient (Wildman–Crippen LogP) is 1.39. The number of aromatic hydroxyl groups is 7. The van der Waals surface area contributed by atoms with Gasteiger partial charge in [0.2, 0.25) is 0 Å². The molecule has 3 aromatic carbocycles. The molecule has 48 heavy (non-hydrogen) atoms. The SMILES string of the molecule is O=C(/C=C/c1ccc(O)c(O)c1)OC(=O)CC(O)(CC(=O)OC(=O)/C=C/c1ccc(O)c(O)c1)C(=O)OC(=O)c1cc(O)c(O)c(O)c1. The Morgan fingerprint density at radius 1 is 0.562 bits per heavy atom. The molecule has 3 rings (SSSR count). The third-order valence-electron chi connectivity index (χ3n) is 6.00. The van der Waals surface area contributed by atoms with Crippen molar-refractivity contribution in [3.05, 3.63) is 77.4 Å². The molecule has 0 aromatic heterocycles. The Morgan fingerprint density at radius 3 is 1.38 bits per heavy atom. The molecule has 0 bridgehead atoms. The van der Waals surface area contributed by atoms with Crippen LogP contribution in [0.2, 0.25) is 0 Å². The highest BCUT2D eigenvalue weighted by Crippen LogP contribution is 2.36. The van der Waals surface area contributed by atoms with Crippen molar-refractivity contribution in [3.63, 3.8) is 0 Å². The summed E-state index contributed by atoms with van der Waals surface area (Å²) in [6.45, 7) is 0. The topological polar surface area (TPSA) is 292 Å². The molecule has 0 spiro atoms. The fraction of sp³-hybridized carbons (Fsp3) is 0.0968. The molecule has 0 unspecified atom stereocenters. The highest BCUT2D eigenvalue weighted by molar-refractivity contribution is 6.04. The van der Waals surface area contributed by atoms with Crippen LogP contribution in [0.25, 0.3) is 12.2 Å². The second kappa shape index (κ2) is 14.9. The monoisotopic (exact) mass is 668 g/mol. The first-order valence-corrected chi connectivity index (χ1v) is 13.1. The number of hydrogen-bond acceptors (Lipinski definition) is 17. The van der Waals surface area contributed by atoms with Crippen LogP contribution < -0.4 is 0 Å². The van der Waals surface area contributed by atoms with Crippen LogP contribution in [-0.2, 0) is 38.2 Å². The summed E-state index contributed by atoms with van der Waals surface area (Å²) in [4.78, 5) is 74.7. The molecule has 0 atom stereocenters. The van der Waals surface area contributed by atoms with Crippen LogP contribution in [0.3, 0.4) is 0 Å². The zero-order chi connectivity index (χ0) is 35.8. The Bertz CT molecular complexity index is 1740. The van der Waals surface area contributed by atoms with Gasteiger partial charge in [0.25, 0.3) is 0 Å². The van der Waals surface area contributed by atoms with Gasteiger partial charge in [-0.05, 0) is 59.7 Å². The molecule has 0 heterocycles. The van der Waals surface area contributed by atoms with E-state index in [1.807, 2.05) is 0 Å². The summed E-state index contributed by atoms with van der Waals surface area (Å²) in [5, 5.41) is 77.4. The van der Waals surface area contributed by atoms with Crippen molar-refractivity contribution in [2.24, 2.45) is 0 Å². The van der Waals surface area contributed by atoms with Crippen molar-refractivity contribution < 1.29 is 83.8 Å². The van der Waals surface area contributed by atoms with Crippen molar-refractivity contribution in [1.29, 1.82) is 0 Å². The van der Waals surface area contributed by atoms with Gasteiger partial charge < -0.3 is 55.1 Å². The Balaban J connectivity index is 1.77. The van der Waals surface area contributed by atoms with Gasteiger partial charge >= 0.3 is 35.8 Å². The molecular formula is C31H24O17. The number of phenolic OH excluding ortho intramolecular Hbond substituents is 7. The fourth-order valence-corrected chi connectivity index (χ4v) is 3.63. The van der Waals surface area contributed by atoms with Gasteiger partial charge in [-0.15, -0.1) is 0 Å². The average molecular weight is 669 g/mol. The molecule has 17 heteroatoms. The molecule has 250 valence electrons. The first-order valence-electron chi connectivity index (χ1n) is 13.1. The maximum Gasteiger partial charge on any atom is 0.347 e. The van der Waals surface area contributed by atoms with E-state index in [4.69, 9.17) is 0 Å². The van der Waals surface area contributed by atoms with Gasteiger partial charge in [0, 0.05) is 12.2 Å². The molecule has 0 saturated carbocycles. The van der Waals surface area contributed by atoms with Crippen LogP contribution in [-0.4, -0.2) is 82.3 Å². The van der Waals surface area contributed by atoms with E-state index in [1.165, 1.54) is 12.1 Å². The summed E-state index contributed by atoms with van der Waals surface area (Å²) in [6.07, 6.45) is 0.370. The number of rotatable bonds is 10. The number of carbonyl (C=O) groups excluding carboxylic acids is 6. The maximum absolute atomic E-state index is 12.9. The lowest BCUT2D eigenvalue weighted by atomic mass is 9.95. The number of hydrogen-bond donors (Lipinski definition) is 8. The maximum atomic E-state index is 12.9. The van der Waals surface area contributed by atoms with Gasteiger partial charge in [0.1, 0.15) is 0 Å². The predicted molar refractivity (Wildman–Crippen MR) is 156 cm³/mol. The van der Waals surface area contributed by atoms with Crippen LogP contribution in [0.5, 0.6) is 40.2 Å². The molecule has 3 aromatic rings. The molecule has 8 N–H and O–H groups in total. The van der Waals surface area contributed by atoms with Gasteiger partial charge in [0.15, 0.2) is 45.8 Å². The summed E-state index contributed by atoms with van der Waals surface area (Å²) in [7, 11) is 0. The van der Waals surface area contributed by atoms with E-state index >= 15 is 0 Å². The third kappa shape index (κ3) is 9.56. The normalized spacial score (nSPS) is 11.3. The molecule has 0 fully saturated rings. The van der Waals surface area contributed by atoms with Crippen LogP contribution >= 0.6 is 0 Å². The van der Waals surface area contributed by atoms with Gasteiger partial charge in [0.05, 0.1) is 18.4 Å². The standard InChI is InChI=1S/C31H24O17/c32-18-5-1-15(9-20(18)34)3-7-24(38)46-26(40)13-31(45,30(44)48-29(43)17-11-22(36)28(42)23(37)12-17)14-27(41)47-25(39)8-4-16-2-6-19(33)21(35)10-16/h1-12,32-37,42,45H,13-14H2/b7-3+,8-4+. The highest BCUT2D eigenvalue weighted by atomic mass is 16.6. The molecule has 0 aliphatic heterocycles. The van der Waals surface area contributed by atoms with Crippen molar-refractivity contribution in [1.82, 2.24) is 0 Å². The van der Waals surface area contributed by atoms with E-state index in [1.54, 1.807) is 0 Å². The second-order valence-electron chi connectivity index (χ2n) is 9.67. The Morgan fingerprint density at radius 2 is 0.979 bits per heavy atom. The smallest absolute Gasteiger partial charge is 0.347 e. The summed E-state index contributed by atoms with van der Waals surface area (Å²) in [6, 6.07) is 7.96. The summed E-state index contributed by atoms with van der Waals surface area (Å²) in [5.74, 6) is -14.8. The lowest BCUT2D eigenvalue weighted by molar-refractivity contribution is -0.176. The number of ether oxygens (including phenoxy) is 3. The van der Waals surface area contributed by atoms with Gasteiger partial charge in [-0.25, -0.2) is 19.2 Å². The molecule has 0 saturated heterocycles. The number of carbonyl (C=O) groups is 6. The summed E-state index contributed by atoms with van der Waals surface area (Å²) >= 11 is 0. The van der Waals surface area contributed by atoms with Crippen LogP contribution in [0.15, 0.2) is 60.7 Å². The molecule has 0 aliphatic rings. The van der Waals surface area contributed by atoms with Crippen LogP contribution in [0, 0.1) is 0 Å². The third-order valence-corrected chi connectivity index (χ3v) is 6.00. The van der Waals surface area contributed by atoms with Gasteiger partial charge in [-0.3, -0.25) is 9.59 Å². The molecule has 0 aliphatic carbocycles. The molecule has 0 amide bonds. The number of benzene rings is 3. The first-order chi connectivity index (χ1) is 22.5. The van der Waals surface area contributed by atoms with Gasteiger partial charge in [-0.1, -0.05) is 12.1 Å². The lowest BCUT2D eigenvalue weighted by Gasteiger charge is -2.23. The minimum Gasteiger partial charge on any atom is -0.504 e. The van der Waals surface area contributed by atoms with E-state index in [9.17, 15) is 69.6 Å². The summed E-state index contributed by atoms with van der Waals surface area (Å²) in [5.41, 5.74) is -3.75. The molecular weight excluding hydrogens is 644 g/mol. The van der Waals surface area contributed by atoms with Gasteiger partial charge in [-0.2, -0.15) is 0 Å². The molecule has 0 radical (unpaired) electrons. The zero-order valence-corrected chi connectivity index (χ0v) is 24.1. The number of phenols is 7. The van der Waals surface area contributed by atoms with E-state index in [-0.39, 0.29) is 11.1 Å². The summed E-state index contributed by atoms with van der Waals surface area (Å²) < 4.78 is 13.4. The first kappa shape index (κ1) is 35.6. The van der Waals surface area contributed by atoms with Crippen molar-refractivity contribution in [2.75, 3.05) is 0 Å². The quantitative estimate of drug-likeness (QED) is 0.0497. The lowest BCUT2D eigenvalue weighted by Crippen LogP contribution is -2.46. The van der Waals surface area contributed by atoms with Crippen molar-refractivity contribution in [2.45, 2.75) is 18.4 Å². The highest BCUT2D eigenvalue weighted by Gasteiger charge is 2.45.